The zero-order valence-corrected chi connectivity index (χ0v) is 9.88. The highest BCUT2D eigenvalue weighted by Crippen LogP contribution is 2.30. The third-order valence-electron chi connectivity index (χ3n) is 3.47. The number of methoxy groups -OCH3 is 1. The molecule has 1 aromatic heterocycles. The Morgan fingerprint density at radius 1 is 1.24 bits per heavy atom. The molecule has 17 heavy (non-hydrogen) atoms. The van der Waals surface area contributed by atoms with Crippen LogP contribution in [0.3, 0.4) is 0 Å². The number of benzene rings is 1. The molecule has 2 aromatic rings. The van der Waals surface area contributed by atoms with Crippen molar-refractivity contribution < 1.29 is 9.53 Å². The second kappa shape index (κ2) is 3.91. The standard InChI is InChI=1S/C14H15NO2/c1-17-9-6-7-12-11(8-9)10-4-2-3-5-13(16)14(10)15-12/h6-8,15H,2-5H2,1H3. The van der Waals surface area contributed by atoms with Crippen LogP contribution >= 0.6 is 0 Å². The molecule has 1 aliphatic carbocycles. The first-order valence-electron chi connectivity index (χ1n) is 6.01. The van der Waals surface area contributed by atoms with Gasteiger partial charge in [-0.15, -0.1) is 0 Å². The summed E-state index contributed by atoms with van der Waals surface area (Å²) in [6.07, 6.45) is 3.72. The molecule has 1 N–H and O–H groups in total. The summed E-state index contributed by atoms with van der Waals surface area (Å²) in [5.74, 6) is 1.09. The molecular formula is C14H15NO2. The lowest BCUT2D eigenvalue weighted by Crippen LogP contribution is -1.98. The fourth-order valence-corrected chi connectivity index (χ4v) is 2.56. The number of aryl methyl sites for hydroxylation is 1. The van der Waals surface area contributed by atoms with E-state index >= 15 is 0 Å². The summed E-state index contributed by atoms with van der Waals surface area (Å²) in [6.45, 7) is 0. The molecule has 0 unspecified atom stereocenters. The zero-order valence-electron chi connectivity index (χ0n) is 9.88. The number of aromatic nitrogens is 1. The van der Waals surface area contributed by atoms with E-state index in [1.807, 2.05) is 18.2 Å². The van der Waals surface area contributed by atoms with Crippen molar-refractivity contribution >= 4 is 16.7 Å². The monoisotopic (exact) mass is 229 g/mol. The lowest BCUT2D eigenvalue weighted by molar-refractivity contribution is 0.0978. The summed E-state index contributed by atoms with van der Waals surface area (Å²) in [5, 5.41) is 1.13. The number of rotatable bonds is 1. The van der Waals surface area contributed by atoms with Crippen LogP contribution in [0.2, 0.25) is 0 Å². The van der Waals surface area contributed by atoms with Crippen LogP contribution in [0.5, 0.6) is 5.75 Å². The lowest BCUT2D eigenvalue weighted by Gasteiger charge is -2.01. The maximum Gasteiger partial charge on any atom is 0.179 e. The first-order valence-corrected chi connectivity index (χ1v) is 6.01. The van der Waals surface area contributed by atoms with Crippen molar-refractivity contribution in [2.45, 2.75) is 25.7 Å². The minimum atomic E-state index is 0.243. The summed E-state index contributed by atoms with van der Waals surface area (Å²) in [6, 6.07) is 5.92. The van der Waals surface area contributed by atoms with E-state index in [9.17, 15) is 4.79 Å². The van der Waals surface area contributed by atoms with E-state index in [-0.39, 0.29) is 5.78 Å². The van der Waals surface area contributed by atoms with E-state index in [0.29, 0.717) is 6.42 Å². The van der Waals surface area contributed by atoms with Gasteiger partial charge in [-0.05, 0) is 43.0 Å². The van der Waals surface area contributed by atoms with Crippen molar-refractivity contribution in [3.63, 3.8) is 0 Å². The molecule has 0 fully saturated rings. The fourth-order valence-electron chi connectivity index (χ4n) is 2.56. The van der Waals surface area contributed by atoms with Gasteiger partial charge >= 0.3 is 0 Å². The van der Waals surface area contributed by atoms with Gasteiger partial charge in [-0.2, -0.15) is 0 Å². The maximum absolute atomic E-state index is 12.0. The van der Waals surface area contributed by atoms with Gasteiger partial charge in [0.05, 0.1) is 12.8 Å². The summed E-state index contributed by atoms with van der Waals surface area (Å²) in [4.78, 5) is 15.2. The van der Waals surface area contributed by atoms with Gasteiger partial charge in [-0.25, -0.2) is 0 Å². The number of Topliss-reactive ketones (excluding diaryl/α,β-unsaturated/α-hetero) is 1. The Hall–Kier alpha value is -1.77. The summed E-state index contributed by atoms with van der Waals surface area (Å²) >= 11 is 0. The van der Waals surface area contributed by atoms with Crippen LogP contribution in [0.4, 0.5) is 0 Å². The number of carbonyl (C=O) groups excluding carboxylic acids is 1. The molecule has 0 saturated heterocycles. The van der Waals surface area contributed by atoms with Crippen molar-refractivity contribution in [3.05, 3.63) is 29.5 Å². The Labute approximate surface area is 99.8 Å². The molecule has 3 nitrogen and oxygen atoms in total. The SMILES string of the molecule is COc1ccc2[nH]c3c(c2c1)CCCCC3=O. The number of aromatic amines is 1. The third kappa shape index (κ3) is 1.62. The normalized spacial score (nSPS) is 15.7. The largest absolute Gasteiger partial charge is 0.497 e. The highest BCUT2D eigenvalue weighted by molar-refractivity contribution is 6.02. The van der Waals surface area contributed by atoms with Gasteiger partial charge in [0.1, 0.15) is 5.75 Å². The van der Waals surface area contributed by atoms with Crippen molar-refractivity contribution in [1.82, 2.24) is 4.98 Å². The molecule has 0 amide bonds. The van der Waals surface area contributed by atoms with E-state index in [4.69, 9.17) is 4.74 Å². The molecule has 1 aliphatic rings. The molecule has 0 radical (unpaired) electrons. The zero-order chi connectivity index (χ0) is 11.8. The lowest BCUT2D eigenvalue weighted by atomic mass is 10.1. The Morgan fingerprint density at radius 3 is 2.88 bits per heavy atom. The Morgan fingerprint density at radius 2 is 2.06 bits per heavy atom. The number of hydrogen-bond donors (Lipinski definition) is 1. The van der Waals surface area contributed by atoms with Gasteiger partial charge in [0.15, 0.2) is 5.78 Å². The van der Waals surface area contributed by atoms with E-state index in [2.05, 4.69) is 4.98 Å². The van der Waals surface area contributed by atoms with Crippen molar-refractivity contribution in [2.24, 2.45) is 0 Å². The van der Waals surface area contributed by atoms with Gasteiger partial charge in [0.25, 0.3) is 0 Å². The van der Waals surface area contributed by atoms with Gasteiger partial charge in [0.2, 0.25) is 0 Å². The van der Waals surface area contributed by atoms with Crippen molar-refractivity contribution in [3.8, 4) is 5.75 Å². The van der Waals surface area contributed by atoms with E-state index in [1.54, 1.807) is 7.11 Å². The predicted octanol–water partition coefficient (Wildman–Crippen LogP) is 3.09. The second-order valence-corrected chi connectivity index (χ2v) is 4.52. The number of hydrogen-bond acceptors (Lipinski definition) is 2. The molecule has 0 bridgehead atoms. The smallest absolute Gasteiger partial charge is 0.179 e. The maximum atomic E-state index is 12.0. The summed E-state index contributed by atoms with van der Waals surface area (Å²) < 4.78 is 5.24. The Balaban J connectivity index is 2.25. The van der Waals surface area contributed by atoms with Crippen LogP contribution < -0.4 is 4.74 Å². The van der Waals surface area contributed by atoms with Crippen LogP contribution in [0.1, 0.15) is 35.3 Å². The predicted molar refractivity (Wildman–Crippen MR) is 66.7 cm³/mol. The molecule has 1 heterocycles. The Bertz CT molecular complexity index is 583. The van der Waals surface area contributed by atoms with E-state index in [1.165, 1.54) is 5.56 Å². The summed E-state index contributed by atoms with van der Waals surface area (Å²) in [7, 11) is 1.66. The molecule has 3 heteroatoms. The molecule has 0 aliphatic heterocycles. The first kappa shape index (κ1) is 10.4. The van der Waals surface area contributed by atoms with Crippen molar-refractivity contribution in [2.75, 3.05) is 7.11 Å². The molecule has 3 rings (SSSR count). The fraction of sp³-hybridized carbons (Fsp3) is 0.357. The van der Waals surface area contributed by atoms with Crippen LogP contribution in [0, 0.1) is 0 Å². The summed E-state index contributed by atoms with van der Waals surface area (Å²) in [5.41, 5.74) is 3.01. The number of carbonyl (C=O) groups is 1. The van der Waals surface area contributed by atoms with Crippen LogP contribution in [-0.2, 0) is 6.42 Å². The van der Waals surface area contributed by atoms with Crippen LogP contribution in [-0.4, -0.2) is 17.9 Å². The molecule has 0 spiro atoms. The number of nitrogens with one attached hydrogen (secondary N) is 1. The number of ether oxygens (including phenoxy) is 1. The van der Waals surface area contributed by atoms with Gasteiger partial charge in [0, 0.05) is 17.3 Å². The minimum absolute atomic E-state index is 0.243. The average Bonchev–Trinajstić information content (AvgIpc) is 2.62. The minimum Gasteiger partial charge on any atom is -0.497 e. The Kier molecular flexibility index (Phi) is 2.39. The second-order valence-electron chi connectivity index (χ2n) is 4.52. The van der Waals surface area contributed by atoms with Crippen LogP contribution in [0.15, 0.2) is 18.2 Å². The molecular weight excluding hydrogens is 214 g/mol. The number of fused-ring (bicyclic) bond motifs is 3. The highest BCUT2D eigenvalue weighted by atomic mass is 16.5. The van der Waals surface area contributed by atoms with E-state index < -0.39 is 0 Å². The van der Waals surface area contributed by atoms with Crippen molar-refractivity contribution in [1.29, 1.82) is 0 Å². The highest BCUT2D eigenvalue weighted by Gasteiger charge is 2.20. The third-order valence-corrected chi connectivity index (χ3v) is 3.47. The van der Waals surface area contributed by atoms with Gasteiger partial charge < -0.3 is 9.72 Å². The number of ketones is 1. The molecule has 0 saturated carbocycles. The van der Waals surface area contributed by atoms with Gasteiger partial charge in [-0.3, -0.25) is 4.79 Å². The average molecular weight is 229 g/mol. The molecule has 88 valence electrons. The topological polar surface area (TPSA) is 42.1 Å². The quantitative estimate of drug-likeness (QED) is 0.763. The van der Waals surface area contributed by atoms with Gasteiger partial charge in [-0.1, -0.05) is 0 Å². The molecule has 0 atom stereocenters. The van der Waals surface area contributed by atoms with E-state index in [0.717, 1.165) is 41.6 Å². The van der Waals surface area contributed by atoms with Crippen LogP contribution in [0.25, 0.3) is 10.9 Å². The first-order chi connectivity index (χ1) is 8.29. The molecule has 1 aromatic carbocycles. The number of H-pyrrole nitrogens is 1.